The molecular weight excluding hydrogens is 647 g/mol. The molecular formula is C49H39N3O. The van der Waals surface area contributed by atoms with Crippen LogP contribution in [-0.2, 0) is 10.8 Å². The maximum atomic E-state index is 15.1. The predicted octanol–water partition coefficient (Wildman–Crippen LogP) is 11.4. The highest BCUT2D eigenvalue weighted by Crippen LogP contribution is 2.65. The maximum Gasteiger partial charge on any atom is 0.193 e. The van der Waals surface area contributed by atoms with Crippen LogP contribution in [0.25, 0.3) is 22.3 Å². The van der Waals surface area contributed by atoms with E-state index in [0.29, 0.717) is 0 Å². The smallest absolute Gasteiger partial charge is 0.193 e. The quantitative estimate of drug-likeness (QED) is 0.182. The largest absolute Gasteiger partial charge is 0.309 e. The van der Waals surface area contributed by atoms with Crippen molar-refractivity contribution in [2.45, 2.75) is 52.4 Å². The van der Waals surface area contributed by atoms with E-state index in [9.17, 15) is 0 Å². The third-order valence-corrected chi connectivity index (χ3v) is 11.9. The van der Waals surface area contributed by atoms with Gasteiger partial charge in [0, 0.05) is 39.3 Å². The molecule has 1 unspecified atom stereocenters. The fourth-order valence-electron chi connectivity index (χ4n) is 9.78. The van der Waals surface area contributed by atoms with Gasteiger partial charge in [-0.1, -0.05) is 92.7 Å². The number of benzene rings is 5. The summed E-state index contributed by atoms with van der Waals surface area (Å²) in [5.74, 6) is 0.0500. The Morgan fingerprint density at radius 2 is 0.981 bits per heavy atom. The van der Waals surface area contributed by atoms with Crippen LogP contribution >= 0.6 is 0 Å². The van der Waals surface area contributed by atoms with Crippen LogP contribution in [0.2, 0.25) is 0 Å². The van der Waals surface area contributed by atoms with Gasteiger partial charge < -0.3 is 4.90 Å². The second-order valence-corrected chi connectivity index (χ2v) is 15.6. The number of ketones is 1. The summed E-state index contributed by atoms with van der Waals surface area (Å²) in [6, 6.07) is 46.1. The molecule has 2 aliphatic heterocycles. The molecule has 0 bridgehead atoms. The highest BCUT2D eigenvalue weighted by Gasteiger charge is 2.54. The average molecular weight is 686 g/mol. The number of nitrogens with zero attached hydrogens (tertiary/aromatic N) is 3. The maximum absolute atomic E-state index is 15.1. The van der Waals surface area contributed by atoms with Crippen LogP contribution in [0, 0.1) is 27.7 Å². The third-order valence-electron chi connectivity index (χ3n) is 11.9. The number of anilines is 3. The Balaban J connectivity index is 1.36. The SMILES string of the molecule is Cc1cc(-c2ccc3c(c2)C(=O)c2ccc(-c4cc(C)nc(C)c4)cc2C32c3ccccc3N3c4ccccc4C(C)(C)c4cccc2c43)cc(C)n1. The van der Waals surface area contributed by atoms with E-state index in [0.717, 1.165) is 78.5 Å². The molecule has 3 aliphatic rings. The third kappa shape index (κ3) is 4.27. The molecule has 0 amide bonds. The zero-order valence-electron chi connectivity index (χ0n) is 30.9. The van der Waals surface area contributed by atoms with Crippen LogP contribution in [-0.4, -0.2) is 15.8 Å². The molecule has 5 aromatic carbocycles. The van der Waals surface area contributed by atoms with E-state index in [1.165, 1.54) is 28.1 Å². The monoisotopic (exact) mass is 685 g/mol. The summed E-state index contributed by atoms with van der Waals surface area (Å²) in [6.07, 6.45) is 0. The summed E-state index contributed by atoms with van der Waals surface area (Å²) in [4.78, 5) is 26.9. The number of carbonyl (C=O) groups excluding carboxylic acids is 1. The van der Waals surface area contributed by atoms with Crippen molar-refractivity contribution < 1.29 is 4.79 Å². The van der Waals surface area contributed by atoms with Gasteiger partial charge in [-0.15, -0.1) is 0 Å². The van der Waals surface area contributed by atoms with E-state index < -0.39 is 5.41 Å². The summed E-state index contributed by atoms with van der Waals surface area (Å²) in [5, 5.41) is 0. The minimum Gasteiger partial charge on any atom is -0.309 e. The molecule has 53 heavy (non-hydrogen) atoms. The molecule has 1 spiro atoms. The van der Waals surface area contributed by atoms with Gasteiger partial charge in [-0.3, -0.25) is 14.8 Å². The molecule has 256 valence electrons. The van der Waals surface area contributed by atoms with Crippen LogP contribution in [0.15, 0.2) is 127 Å². The summed E-state index contributed by atoms with van der Waals surface area (Å²) in [5.41, 5.74) is 19.0. The van der Waals surface area contributed by atoms with Gasteiger partial charge in [0.05, 0.1) is 22.5 Å². The summed E-state index contributed by atoms with van der Waals surface area (Å²) in [6.45, 7) is 12.8. The molecule has 4 nitrogen and oxygen atoms in total. The van der Waals surface area contributed by atoms with Gasteiger partial charge in [0.1, 0.15) is 0 Å². The van der Waals surface area contributed by atoms with Crippen molar-refractivity contribution in [3.8, 4) is 22.3 Å². The summed E-state index contributed by atoms with van der Waals surface area (Å²) >= 11 is 0. The molecule has 1 aliphatic carbocycles. The summed E-state index contributed by atoms with van der Waals surface area (Å²) < 4.78 is 0. The van der Waals surface area contributed by atoms with Gasteiger partial charge in [-0.25, -0.2) is 0 Å². The van der Waals surface area contributed by atoms with Crippen molar-refractivity contribution in [3.05, 3.63) is 195 Å². The van der Waals surface area contributed by atoms with E-state index in [1.54, 1.807) is 0 Å². The van der Waals surface area contributed by atoms with Crippen molar-refractivity contribution in [2.24, 2.45) is 0 Å². The van der Waals surface area contributed by atoms with Crippen LogP contribution in [0.4, 0.5) is 17.1 Å². The number of hydrogen-bond acceptors (Lipinski definition) is 4. The lowest BCUT2D eigenvalue weighted by Crippen LogP contribution is -2.44. The number of para-hydroxylation sites is 3. The predicted molar refractivity (Wildman–Crippen MR) is 214 cm³/mol. The molecule has 4 heterocycles. The second-order valence-electron chi connectivity index (χ2n) is 15.6. The minimum atomic E-state index is -0.783. The number of carbonyl (C=O) groups is 1. The van der Waals surface area contributed by atoms with E-state index in [1.807, 2.05) is 27.7 Å². The Morgan fingerprint density at radius 3 is 1.64 bits per heavy atom. The van der Waals surface area contributed by atoms with Crippen LogP contribution < -0.4 is 4.90 Å². The molecule has 0 fully saturated rings. The van der Waals surface area contributed by atoms with Gasteiger partial charge in [0.2, 0.25) is 0 Å². The van der Waals surface area contributed by atoms with Crippen LogP contribution in [0.3, 0.4) is 0 Å². The van der Waals surface area contributed by atoms with E-state index in [2.05, 4.69) is 156 Å². The first-order valence-electron chi connectivity index (χ1n) is 18.5. The molecule has 10 rings (SSSR count). The van der Waals surface area contributed by atoms with Crippen molar-refractivity contribution in [2.75, 3.05) is 4.90 Å². The van der Waals surface area contributed by atoms with Gasteiger partial charge in [0.15, 0.2) is 5.78 Å². The lowest BCUT2D eigenvalue weighted by Gasteiger charge is -2.53. The number of aromatic nitrogens is 2. The first-order chi connectivity index (χ1) is 25.6. The highest BCUT2D eigenvalue weighted by atomic mass is 16.1. The first kappa shape index (κ1) is 31.6. The standard InChI is InChI=1S/C49H39N3O/c1-28-22-34(23-29(2)50-28)32-19-21-38-37(26-32)47(53)36-20-18-33(35-24-30(3)51-31(4)25-35)27-43(36)49(38)40-13-8-10-17-45(40)52-44-16-9-7-12-39(44)48(5,6)41-14-11-15-42(49)46(41)52/h7-27H,1-6H3. The molecule has 0 saturated carbocycles. The molecule has 7 aromatic rings. The molecule has 1 atom stereocenters. The average Bonchev–Trinajstić information content (AvgIpc) is 3.15. The lowest BCUT2D eigenvalue weighted by atomic mass is 9.55. The zero-order chi connectivity index (χ0) is 36.4. The van der Waals surface area contributed by atoms with E-state index in [4.69, 9.17) is 0 Å². The number of pyridine rings is 2. The molecule has 2 aromatic heterocycles. The zero-order valence-corrected chi connectivity index (χ0v) is 30.9. The Hall–Kier alpha value is -6.13. The highest BCUT2D eigenvalue weighted by molar-refractivity contribution is 6.16. The molecule has 0 saturated heterocycles. The van der Waals surface area contributed by atoms with Gasteiger partial charge in [0.25, 0.3) is 0 Å². The van der Waals surface area contributed by atoms with E-state index in [-0.39, 0.29) is 11.2 Å². The second kappa shape index (κ2) is 10.9. The van der Waals surface area contributed by atoms with Crippen molar-refractivity contribution in [1.29, 1.82) is 0 Å². The molecule has 4 heteroatoms. The fraction of sp³-hybridized carbons (Fsp3) is 0.163. The van der Waals surface area contributed by atoms with Gasteiger partial charge in [-0.2, -0.15) is 0 Å². The molecule has 0 radical (unpaired) electrons. The first-order valence-corrected chi connectivity index (χ1v) is 18.5. The molecule has 0 N–H and O–H groups in total. The Labute approximate surface area is 310 Å². The van der Waals surface area contributed by atoms with Gasteiger partial charge in [-0.05, 0) is 132 Å². The normalized spacial score (nSPS) is 17.1. The Kier molecular flexibility index (Phi) is 6.52. The van der Waals surface area contributed by atoms with Crippen molar-refractivity contribution in [1.82, 2.24) is 9.97 Å². The van der Waals surface area contributed by atoms with Crippen molar-refractivity contribution in [3.63, 3.8) is 0 Å². The summed E-state index contributed by atoms with van der Waals surface area (Å²) in [7, 11) is 0. The number of aryl methyl sites for hydroxylation is 4. The fourth-order valence-corrected chi connectivity index (χ4v) is 9.78. The lowest BCUT2D eigenvalue weighted by molar-refractivity contribution is 0.103. The Bertz CT molecular complexity index is 2700. The number of rotatable bonds is 2. The topological polar surface area (TPSA) is 46.1 Å². The number of hydrogen-bond donors (Lipinski definition) is 0. The van der Waals surface area contributed by atoms with Crippen LogP contribution in [0.1, 0.15) is 85.9 Å². The number of fused-ring (bicyclic) bond motifs is 10. The van der Waals surface area contributed by atoms with E-state index >= 15 is 4.79 Å². The van der Waals surface area contributed by atoms with Crippen LogP contribution in [0.5, 0.6) is 0 Å². The van der Waals surface area contributed by atoms with Gasteiger partial charge >= 0.3 is 0 Å². The minimum absolute atomic E-state index is 0.0500. The van der Waals surface area contributed by atoms with Crippen molar-refractivity contribution >= 4 is 22.8 Å². The Morgan fingerprint density at radius 1 is 0.453 bits per heavy atom.